The third kappa shape index (κ3) is 3.06. The molecule has 3 rings (SSSR count). The number of carbonyl (C=O) groups excluding carboxylic acids is 1. The highest BCUT2D eigenvalue weighted by Gasteiger charge is 2.32. The summed E-state index contributed by atoms with van der Waals surface area (Å²) < 4.78 is 12.7. The maximum Gasteiger partial charge on any atom is 0.291 e. The first-order valence-electron chi connectivity index (χ1n) is 6.55. The van der Waals surface area contributed by atoms with Gasteiger partial charge in [-0.3, -0.25) is 4.79 Å². The molecule has 4 nitrogen and oxygen atoms in total. The van der Waals surface area contributed by atoms with Gasteiger partial charge >= 0.3 is 0 Å². The first-order chi connectivity index (χ1) is 10.2. The van der Waals surface area contributed by atoms with Gasteiger partial charge in [0.2, 0.25) is 5.82 Å². The van der Waals surface area contributed by atoms with E-state index in [0.29, 0.717) is 5.56 Å². The van der Waals surface area contributed by atoms with Crippen LogP contribution < -0.4 is 0 Å². The molecule has 0 saturated carbocycles. The minimum atomic E-state index is -0.926. The van der Waals surface area contributed by atoms with E-state index in [4.69, 9.17) is 0 Å². The van der Waals surface area contributed by atoms with Crippen LogP contribution in [0.5, 0.6) is 0 Å². The molecule has 0 atom stereocenters. The molecule has 0 bridgehead atoms. The van der Waals surface area contributed by atoms with E-state index in [1.165, 1.54) is 17.3 Å². The number of likely N-dealkylation sites (tertiary alicyclic amines) is 1. The van der Waals surface area contributed by atoms with Gasteiger partial charge in [0, 0.05) is 18.0 Å². The lowest BCUT2D eigenvalue weighted by Gasteiger charge is -2.33. The van der Waals surface area contributed by atoms with Crippen molar-refractivity contribution in [2.45, 2.75) is 6.17 Å². The molecular weight excluding hydrogens is 269 g/mol. The Morgan fingerprint density at radius 1 is 1.10 bits per heavy atom. The van der Waals surface area contributed by atoms with Crippen LogP contribution in [0.2, 0.25) is 0 Å². The number of hydrogen-bond donors (Lipinski definition) is 0. The molecule has 0 spiro atoms. The monoisotopic (exact) mass is 281 g/mol. The normalized spacial score (nSPS) is 14.0. The average Bonchev–Trinajstić information content (AvgIpc) is 2.51. The fourth-order valence-corrected chi connectivity index (χ4v) is 1.90. The Bertz CT molecular complexity index is 698. The van der Waals surface area contributed by atoms with E-state index < -0.39 is 6.17 Å². The largest absolute Gasteiger partial charge is 0.330 e. The smallest absolute Gasteiger partial charge is 0.291 e. The van der Waals surface area contributed by atoms with E-state index in [0.717, 1.165) is 5.56 Å². The van der Waals surface area contributed by atoms with Gasteiger partial charge in [-0.25, -0.2) is 14.4 Å². The third-order valence-electron chi connectivity index (χ3n) is 3.09. The van der Waals surface area contributed by atoms with Crippen LogP contribution in [0.25, 0.3) is 0 Å². The molecule has 0 radical (unpaired) electrons. The topological polar surface area (TPSA) is 46.1 Å². The molecule has 21 heavy (non-hydrogen) atoms. The standard InChI is InChI=1S/C16H12FN3O/c17-14-10-20(11-14)16(21)15-18-8-13(9-19-15)7-6-12-4-2-1-3-5-12/h1-5,8-9,14H,10-11H2. The molecule has 5 heteroatoms. The minimum Gasteiger partial charge on any atom is -0.330 e. The highest BCUT2D eigenvalue weighted by Crippen LogP contribution is 2.13. The lowest BCUT2D eigenvalue weighted by atomic mass is 10.2. The second kappa shape index (κ2) is 5.71. The van der Waals surface area contributed by atoms with Crippen LogP contribution in [-0.4, -0.2) is 40.0 Å². The van der Waals surface area contributed by atoms with Crippen LogP contribution in [0.1, 0.15) is 21.7 Å². The zero-order chi connectivity index (χ0) is 14.7. The summed E-state index contributed by atoms with van der Waals surface area (Å²) in [5.74, 6) is 5.65. The summed E-state index contributed by atoms with van der Waals surface area (Å²) in [7, 11) is 0. The van der Waals surface area contributed by atoms with Crippen LogP contribution in [0.15, 0.2) is 42.7 Å². The summed E-state index contributed by atoms with van der Waals surface area (Å²) in [6.07, 6.45) is 2.08. The first kappa shape index (κ1) is 13.3. The summed E-state index contributed by atoms with van der Waals surface area (Å²) in [6, 6.07) is 9.55. The lowest BCUT2D eigenvalue weighted by Crippen LogP contribution is -2.51. The van der Waals surface area contributed by atoms with Gasteiger partial charge in [0.15, 0.2) is 0 Å². The molecule has 0 aliphatic carbocycles. The highest BCUT2D eigenvalue weighted by atomic mass is 19.1. The SMILES string of the molecule is O=C(c1ncc(C#Cc2ccccc2)cn1)N1CC(F)C1. The number of nitrogens with zero attached hydrogens (tertiary/aromatic N) is 3. The van der Waals surface area contributed by atoms with E-state index in [1.54, 1.807) is 0 Å². The quantitative estimate of drug-likeness (QED) is 0.747. The molecule has 1 saturated heterocycles. The third-order valence-corrected chi connectivity index (χ3v) is 3.09. The van der Waals surface area contributed by atoms with Crippen molar-refractivity contribution in [1.82, 2.24) is 14.9 Å². The van der Waals surface area contributed by atoms with Gasteiger partial charge in [0.25, 0.3) is 5.91 Å². The van der Waals surface area contributed by atoms with Crippen LogP contribution in [0, 0.1) is 11.8 Å². The maximum absolute atomic E-state index is 12.7. The zero-order valence-electron chi connectivity index (χ0n) is 11.2. The Hall–Kier alpha value is -2.74. The summed E-state index contributed by atoms with van der Waals surface area (Å²) in [4.78, 5) is 21.2. The number of hydrogen-bond acceptors (Lipinski definition) is 3. The number of halogens is 1. The number of alkyl halides is 1. The van der Waals surface area contributed by atoms with Gasteiger partial charge < -0.3 is 4.90 Å². The average molecular weight is 281 g/mol. The van der Waals surface area contributed by atoms with Gasteiger partial charge in [-0.15, -0.1) is 0 Å². The van der Waals surface area contributed by atoms with Crippen molar-refractivity contribution in [3.8, 4) is 11.8 Å². The van der Waals surface area contributed by atoms with Gasteiger partial charge in [0.1, 0.15) is 6.17 Å². The van der Waals surface area contributed by atoms with Crippen LogP contribution in [0.3, 0.4) is 0 Å². The molecule has 0 N–H and O–H groups in total. The second-order valence-electron chi connectivity index (χ2n) is 4.72. The van der Waals surface area contributed by atoms with Crippen molar-refractivity contribution in [1.29, 1.82) is 0 Å². The second-order valence-corrected chi connectivity index (χ2v) is 4.72. The Balaban J connectivity index is 1.70. The zero-order valence-corrected chi connectivity index (χ0v) is 11.2. The van der Waals surface area contributed by atoms with Crippen LogP contribution >= 0.6 is 0 Å². The Labute approximate surface area is 121 Å². The molecule has 1 amide bonds. The Morgan fingerprint density at radius 3 is 2.33 bits per heavy atom. The number of carbonyl (C=O) groups is 1. The number of rotatable bonds is 1. The predicted octanol–water partition coefficient (Wildman–Crippen LogP) is 1.67. The van der Waals surface area contributed by atoms with E-state index in [9.17, 15) is 9.18 Å². The van der Waals surface area contributed by atoms with Crippen molar-refractivity contribution in [3.63, 3.8) is 0 Å². The van der Waals surface area contributed by atoms with E-state index in [2.05, 4.69) is 21.8 Å². The fourth-order valence-electron chi connectivity index (χ4n) is 1.90. The van der Waals surface area contributed by atoms with Gasteiger partial charge in [-0.1, -0.05) is 30.0 Å². The molecule has 2 aromatic rings. The van der Waals surface area contributed by atoms with Crippen molar-refractivity contribution in [2.24, 2.45) is 0 Å². The number of aromatic nitrogens is 2. The van der Waals surface area contributed by atoms with E-state index in [-0.39, 0.29) is 24.8 Å². The highest BCUT2D eigenvalue weighted by molar-refractivity contribution is 5.91. The summed E-state index contributed by atoms with van der Waals surface area (Å²) in [6.45, 7) is 0.246. The van der Waals surface area contributed by atoms with Gasteiger partial charge in [0.05, 0.1) is 18.7 Å². The van der Waals surface area contributed by atoms with Crippen molar-refractivity contribution >= 4 is 5.91 Å². The molecule has 0 unspecified atom stereocenters. The molecule has 1 fully saturated rings. The molecular formula is C16H12FN3O. The van der Waals surface area contributed by atoms with Gasteiger partial charge in [-0.05, 0) is 12.1 Å². The molecule has 1 aliphatic heterocycles. The lowest BCUT2D eigenvalue weighted by molar-refractivity contribution is 0.0388. The van der Waals surface area contributed by atoms with Gasteiger partial charge in [-0.2, -0.15) is 0 Å². The summed E-state index contributed by atoms with van der Waals surface area (Å²) >= 11 is 0. The van der Waals surface area contributed by atoms with Crippen molar-refractivity contribution < 1.29 is 9.18 Å². The maximum atomic E-state index is 12.7. The molecule has 1 aromatic heterocycles. The van der Waals surface area contributed by atoms with Crippen molar-refractivity contribution in [2.75, 3.05) is 13.1 Å². The molecule has 2 heterocycles. The number of amides is 1. The molecule has 104 valence electrons. The van der Waals surface area contributed by atoms with Crippen molar-refractivity contribution in [3.05, 3.63) is 59.7 Å². The number of benzene rings is 1. The van der Waals surface area contributed by atoms with Crippen LogP contribution in [-0.2, 0) is 0 Å². The Kier molecular flexibility index (Phi) is 3.61. The summed E-state index contributed by atoms with van der Waals surface area (Å²) in [5, 5.41) is 0. The Morgan fingerprint density at radius 2 is 1.71 bits per heavy atom. The minimum absolute atomic E-state index is 0.0761. The van der Waals surface area contributed by atoms with E-state index >= 15 is 0 Å². The molecule has 1 aromatic carbocycles. The fraction of sp³-hybridized carbons (Fsp3) is 0.188. The first-order valence-corrected chi connectivity index (χ1v) is 6.55. The summed E-state index contributed by atoms with van der Waals surface area (Å²) in [5.41, 5.74) is 1.52. The predicted molar refractivity (Wildman–Crippen MR) is 75.3 cm³/mol. The van der Waals surface area contributed by atoms with E-state index in [1.807, 2.05) is 30.3 Å². The van der Waals surface area contributed by atoms with Crippen LogP contribution in [0.4, 0.5) is 4.39 Å². The molecule has 1 aliphatic rings.